The molecule has 0 N–H and O–H groups in total. The van der Waals surface area contributed by atoms with Crippen LogP contribution in [0.25, 0.3) is 5.69 Å². The highest BCUT2D eigenvalue weighted by Gasteiger charge is 2.21. The highest BCUT2D eigenvalue weighted by Crippen LogP contribution is 2.27. The normalized spacial score (nSPS) is 14.0. The van der Waals surface area contributed by atoms with E-state index >= 15 is 0 Å². The van der Waals surface area contributed by atoms with Crippen molar-refractivity contribution in [2.75, 3.05) is 5.75 Å². The summed E-state index contributed by atoms with van der Waals surface area (Å²) in [5.74, 6) is 0.880. The van der Waals surface area contributed by atoms with Gasteiger partial charge >= 0.3 is 0 Å². The van der Waals surface area contributed by atoms with E-state index in [4.69, 9.17) is 16.6 Å². The van der Waals surface area contributed by atoms with Gasteiger partial charge in [-0.25, -0.2) is 4.98 Å². The van der Waals surface area contributed by atoms with E-state index in [1.54, 1.807) is 16.3 Å². The van der Waals surface area contributed by atoms with Crippen molar-refractivity contribution in [1.29, 1.82) is 0 Å². The summed E-state index contributed by atoms with van der Waals surface area (Å²) < 4.78 is 1.75. The van der Waals surface area contributed by atoms with Gasteiger partial charge in [0, 0.05) is 10.6 Å². The highest BCUT2D eigenvalue weighted by atomic mass is 35.5. The van der Waals surface area contributed by atoms with Crippen LogP contribution < -0.4 is 5.56 Å². The van der Waals surface area contributed by atoms with Crippen LogP contribution in [0.3, 0.4) is 0 Å². The summed E-state index contributed by atoms with van der Waals surface area (Å²) in [4.78, 5) is 17.8. The first kappa shape index (κ1) is 15.6. The van der Waals surface area contributed by atoms with Gasteiger partial charge in [0.2, 0.25) is 0 Å². The Hall–Kier alpha value is -1.26. The Morgan fingerprint density at radius 3 is 2.86 bits per heavy atom. The summed E-state index contributed by atoms with van der Waals surface area (Å²) in [5, 5.41) is 1.45. The number of aryl methyl sites for hydroxylation is 1. The molecule has 3 rings (SSSR count). The van der Waals surface area contributed by atoms with Crippen LogP contribution in [-0.4, -0.2) is 15.3 Å². The number of thioether (sulfide) groups is 1. The summed E-state index contributed by atoms with van der Waals surface area (Å²) in [7, 11) is 0. The molecule has 0 fully saturated rings. The van der Waals surface area contributed by atoms with Crippen molar-refractivity contribution in [2.24, 2.45) is 0 Å². The van der Waals surface area contributed by atoms with Crippen LogP contribution in [0.2, 0.25) is 5.02 Å². The molecular weight excluding hydrogens is 316 g/mol. The summed E-state index contributed by atoms with van der Waals surface area (Å²) in [6, 6.07) is 5.68. The fourth-order valence-electron chi connectivity index (χ4n) is 2.91. The molecule has 0 saturated carbocycles. The molecule has 0 amide bonds. The van der Waals surface area contributed by atoms with Gasteiger partial charge in [-0.3, -0.25) is 9.36 Å². The third kappa shape index (κ3) is 2.70. The molecule has 0 unspecified atom stereocenters. The monoisotopic (exact) mass is 334 g/mol. The molecule has 0 bridgehead atoms. The predicted octanol–water partition coefficient (Wildman–Crippen LogP) is 4.19. The van der Waals surface area contributed by atoms with Crippen LogP contribution in [0.4, 0.5) is 0 Å². The van der Waals surface area contributed by atoms with Crippen LogP contribution in [0, 0.1) is 6.92 Å². The number of benzene rings is 1. The van der Waals surface area contributed by atoms with Crippen LogP contribution in [0.5, 0.6) is 0 Å². The van der Waals surface area contributed by atoms with Gasteiger partial charge < -0.3 is 0 Å². The molecule has 3 nitrogen and oxygen atoms in total. The van der Waals surface area contributed by atoms with E-state index in [1.165, 1.54) is 0 Å². The Kier molecular flexibility index (Phi) is 4.59. The molecule has 1 aromatic carbocycles. The van der Waals surface area contributed by atoms with Gasteiger partial charge in [0.25, 0.3) is 5.56 Å². The standard InChI is InChI=1S/C17H19ClN2OS/c1-3-22-17-19-14-9-5-4-7-12(14)16(21)20(17)15-10-6-8-13(18)11(15)2/h6,8,10H,3-5,7,9H2,1-2H3. The zero-order valence-electron chi connectivity index (χ0n) is 12.9. The summed E-state index contributed by atoms with van der Waals surface area (Å²) >= 11 is 7.85. The van der Waals surface area contributed by atoms with E-state index in [0.29, 0.717) is 5.02 Å². The van der Waals surface area contributed by atoms with E-state index in [0.717, 1.165) is 59.1 Å². The lowest BCUT2D eigenvalue weighted by atomic mass is 9.97. The average molecular weight is 335 g/mol. The SMILES string of the molecule is CCSc1nc2c(c(=O)n1-c1cccc(Cl)c1C)CCCC2. The molecule has 1 aromatic heterocycles. The van der Waals surface area contributed by atoms with Crippen molar-refractivity contribution >= 4 is 23.4 Å². The van der Waals surface area contributed by atoms with Gasteiger partial charge in [-0.05, 0) is 56.1 Å². The van der Waals surface area contributed by atoms with Gasteiger partial charge in [0.15, 0.2) is 5.16 Å². The average Bonchev–Trinajstić information content (AvgIpc) is 2.52. The second-order valence-electron chi connectivity index (χ2n) is 5.48. The summed E-state index contributed by atoms with van der Waals surface area (Å²) in [5.41, 5.74) is 3.70. The Bertz CT molecular complexity index is 770. The topological polar surface area (TPSA) is 34.9 Å². The maximum Gasteiger partial charge on any atom is 0.262 e. The third-order valence-corrected chi connectivity index (χ3v) is 5.31. The van der Waals surface area contributed by atoms with E-state index in [2.05, 4.69) is 6.92 Å². The second kappa shape index (κ2) is 6.47. The molecule has 0 radical (unpaired) electrons. The number of hydrogen-bond donors (Lipinski definition) is 0. The van der Waals surface area contributed by atoms with Crippen molar-refractivity contribution < 1.29 is 0 Å². The van der Waals surface area contributed by atoms with Crippen LogP contribution in [-0.2, 0) is 12.8 Å². The zero-order valence-corrected chi connectivity index (χ0v) is 14.4. The molecular formula is C17H19ClN2OS. The fraction of sp³-hybridized carbons (Fsp3) is 0.412. The molecule has 0 aliphatic heterocycles. The molecule has 0 saturated heterocycles. The number of aromatic nitrogens is 2. The predicted molar refractivity (Wildman–Crippen MR) is 92.6 cm³/mol. The lowest BCUT2D eigenvalue weighted by Gasteiger charge is -2.20. The van der Waals surface area contributed by atoms with Gasteiger partial charge in [-0.1, -0.05) is 36.4 Å². The Morgan fingerprint density at radius 1 is 1.32 bits per heavy atom. The number of rotatable bonds is 3. The van der Waals surface area contributed by atoms with Crippen molar-refractivity contribution in [2.45, 2.75) is 44.7 Å². The quantitative estimate of drug-likeness (QED) is 0.623. The number of nitrogens with zero attached hydrogens (tertiary/aromatic N) is 2. The number of fused-ring (bicyclic) bond motifs is 1. The Balaban J connectivity index is 2.29. The van der Waals surface area contributed by atoms with Crippen molar-refractivity contribution in [3.05, 3.63) is 50.4 Å². The van der Waals surface area contributed by atoms with Crippen molar-refractivity contribution in [1.82, 2.24) is 9.55 Å². The molecule has 1 heterocycles. The van der Waals surface area contributed by atoms with Crippen LogP contribution >= 0.6 is 23.4 Å². The first-order chi connectivity index (χ1) is 10.6. The fourth-order valence-corrected chi connectivity index (χ4v) is 3.82. The molecule has 1 aliphatic rings. The minimum atomic E-state index is 0.0750. The maximum absolute atomic E-state index is 13.0. The largest absolute Gasteiger partial charge is 0.269 e. The van der Waals surface area contributed by atoms with Crippen LogP contribution in [0.1, 0.15) is 36.6 Å². The van der Waals surface area contributed by atoms with Gasteiger partial charge in [0.05, 0.1) is 11.4 Å². The smallest absolute Gasteiger partial charge is 0.262 e. The zero-order chi connectivity index (χ0) is 15.7. The molecule has 1 aliphatic carbocycles. The number of halogens is 1. The molecule has 5 heteroatoms. The van der Waals surface area contributed by atoms with E-state index in [-0.39, 0.29) is 5.56 Å². The van der Waals surface area contributed by atoms with Gasteiger partial charge in [0.1, 0.15) is 0 Å². The Morgan fingerprint density at radius 2 is 2.09 bits per heavy atom. The minimum Gasteiger partial charge on any atom is -0.269 e. The molecule has 22 heavy (non-hydrogen) atoms. The highest BCUT2D eigenvalue weighted by molar-refractivity contribution is 7.99. The molecule has 0 atom stereocenters. The maximum atomic E-state index is 13.0. The lowest BCUT2D eigenvalue weighted by molar-refractivity contribution is 0.622. The summed E-state index contributed by atoms with van der Waals surface area (Å²) in [6.45, 7) is 4.02. The molecule has 116 valence electrons. The first-order valence-corrected chi connectivity index (χ1v) is 9.03. The minimum absolute atomic E-state index is 0.0750. The van der Waals surface area contributed by atoms with E-state index < -0.39 is 0 Å². The second-order valence-corrected chi connectivity index (χ2v) is 7.12. The third-order valence-electron chi connectivity index (χ3n) is 4.08. The lowest BCUT2D eigenvalue weighted by Crippen LogP contribution is -2.29. The van der Waals surface area contributed by atoms with Crippen molar-refractivity contribution in [3.63, 3.8) is 0 Å². The van der Waals surface area contributed by atoms with Gasteiger partial charge in [-0.15, -0.1) is 0 Å². The van der Waals surface area contributed by atoms with Gasteiger partial charge in [-0.2, -0.15) is 0 Å². The molecule has 0 spiro atoms. The molecule has 2 aromatic rings. The summed E-state index contributed by atoms with van der Waals surface area (Å²) in [6.07, 6.45) is 3.93. The number of hydrogen-bond acceptors (Lipinski definition) is 3. The van der Waals surface area contributed by atoms with Crippen molar-refractivity contribution in [3.8, 4) is 5.69 Å². The van der Waals surface area contributed by atoms with Crippen LogP contribution in [0.15, 0.2) is 28.2 Å². The Labute approximate surface area is 139 Å². The first-order valence-electron chi connectivity index (χ1n) is 7.66. The van der Waals surface area contributed by atoms with E-state index in [1.807, 2.05) is 25.1 Å². The van der Waals surface area contributed by atoms with E-state index in [9.17, 15) is 4.79 Å².